The molecule has 1 N–H and O–H groups in total. The van der Waals surface area contributed by atoms with Crippen molar-refractivity contribution in [3.63, 3.8) is 0 Å². The van der Waals surface area contributed by atoms with Gasteiger partial charge >= 0.3 is 0 Å². The van der Waals surface area contributed by atoms with Crippen LogP contribution in [0.1, 0.15) is 46.1 Å². The molecule has 1 atom stereocenters. The maximum absolute atomic E-state index is 13.5. The Morgan fingerprint density at radius 3 is 2.66 bits per heavy atom. The third kappa shape index (κ3) is 5.26. The number of carbonyl (C=O) groups excluding carboxylic acids is 1. The molecule has 5 heteroatoms. The Kier molecular flexibility index (Phi) is 6.89. The molecule has 3 aromatic carbocycles. The van der Waals surface area contributed by atoms with Gasteiger partial charge < -0.3 is 14.7 Å². The number of phenols is 1. The lowest BCUT2D eigenvalue weighted by Crippen LogP contribution is -2.21. The van der Waals surface area contributed by atoms with Gasteiger partial charge in [0, 0.05) is 22.2 Å². The fraction of sp³-hybridized carbons (Fsp3) is 0.300. The van der Waals surface area contributed by atoms with E-state index in [1.807, 2.05) is 49.4 Å². The second-order valence-corrected chi connectivity index (χ2v) is 10.7. The number of thiophene rings is 1. The number of aromatic hydroxyl groups is 1. The first-order valence-electron chi connectivity index (χ1n) is 12.3. The number of nitrogens with zero attached hydrogens (tertiary/aromatic N) is 1. The Morgan fingerprint density at radius 2 is 1.91 bits per heavy atom. The summed E-state index contributed by atoms with van der Waals surface area (Å²) in [5.41, 5.74) is 2.88. The van der Waals surface area contributed by atoms with Crippen molar-refractivity contribution in [1.82, 2.24) is 4.90 Å². The quantitative estimate of drug-likeness (QED) is 0.268. The molecule has 1 aliphatic rings. The average molecular weight is 486 g/mol. The van der Waals surface area contributed by atoms with Gasteiger partial charge in [0.25, 0.3) is 0 Å². The summed E-state index contributed by atoms with van der Waals surface area (Å²) in [6.45, 7) is 7.88. The maximum Gasteiger partial charge on any atom is 0.207 e. The van der Waals surface area contributed by atoms with Crippen LogP contribution in [0.25, 0.3) is 10.1 Å². The monoisotopic (exact) mass is 485 g/mol. The molecule has 35 heavy (non-hydrogen) atoms. The van der Waals surface area contributed by atoms with Crippen LogP contribution in [0.4, 0.5) is 0 Å². The molecule has 1 fully saturated rings. The lowest BCUT2D eigenvalue weighted by molar-refractivity contribution is 0.104. The molecular formula is C30H31NO3S. The van der Waals surface area contributed by atoms with Crippen molar-refractivity contribution in [1.29, 1.82) is 0 Å². The second-order valence-electron chi connectivity index (χ2n) is 9.63. The molecule has 0 amide bonds. The van der Waals surface area contributed by atoms with Gasteiger partial charge in [-0.15, -0.1) is 11.3 Å². The number of aryl methyl sites for hydroxylation is 2. The molecule has 1 aromatic heterocycles. The van der Waals surface area contributed by atoms with Gasteiger partial charge in [0.15, 0.2) is 5.75 Å². The molecular weight excluding hydrogens is 454 g/mol. The van der Waals surface area contributed by atoms with Gasteiger partial charge in [-0.1, -0.05) is 43.3 Å². The highest BCUT2D eigenvalue weighted by molar-refractivity contribution is 7.21. The van der Waals surface area contributed by atoms with E-state index >= 15 is 0 Å². The van der Waals surface area contributed by atoms with Gasteiger partial charge in [-0.2, -0.15) is 0 Å². The normalized spacial score (nSPS) is 16.1. The molecule has 4 nitrogen and oxygen atoms in total. The minimum Gasteiger partial charge on any atom is -0.508 e. The van der Waals surface area contributed by atoms with E-state index < -0.39 is 0 Å². The third-order valence-corrected chi connectivity index (χ3v) is 7.95. The first kappa shape index (κ1) is 23.6. The Morgan fingerprint density at radius 1 is 1.11 bits per heavy atom. The van der Waals surface area contributed by atoms with E-state index in [9.17, 15) is 9.90 Å². The van der Waals surface area contributed by atoms with Crippen LogP contribution in [0.5, 0.6) is 17.2 Å². The predicted molar refractivity (Wildman–Crippen MR) is 143 cm³/mol. The summed E-state index contributed by atoms with van der Waals surface area (Å²) in [6.07, 6.45) is 3.51. The fourth-order valence-corrected chi connectivity index (χ4v) is 5.96. The largest absolute Gasteiger partial charge is 0.508 e. The van der Waals surface area contributed by atoms with Crippen LogP contribution in [0, 0.1) is 12.8 Å². The van der Waals surface area contributed by atoms with Crippen molar-refractivity contribution in [3.05, 3.63) is 88.3 Å². The number of hydrogen-bond donors (Lipinski definition) is 1. The van der Waals surface area contributed by atoms with Gasteiger partial charge in [0.2, 0.25) is 5.78 Å². The number of rotatable bonds is 8. The van der Waals surface area contributed by atoms with Crippen LogP contribution in [0.3, 0.4) is 0 Å². The van der Waals surface area contributed by atoms with E-state index in [1.165, 1.54) is 36.4 Å². The van der Waals surface area contributed by atoms with Crippen LogP contribution >= 0.6 is 11.3 Å². The Balaban J connectivity index is 1.36. The van der Waals surface area contributed by atoms with Gasteiger partial charge in [0.05, 0.1) is 0 Å². The molecule has 5 rings (SSSR count). The van der Waals surface area contributed by atoms with E-state index in [4.69, 9.17) is 4.74 Å². The van der Waals surface area contributed by atoms with E-state index in [2.05, 4.69) is 24.0 Å². The lowest BCUT2D eigenvalue weighted by atomic mass is 10.0. The lowest BCUT2D eigenvalue weighted by Gasteiger charge is -2.15. The highest BCUT2D eigenvalue weighted by atomic mass is 32.1. The molecule has 0 unspecified atom stereocenters. The Bertz CT molecular complexity index is 1340. The van der Waals surface area contributed by atoms with E-state index in [0.29, 0.717) is 21.9 Å². The van der Waals surface area contributed by atoms with Crippen molar-refractivity contribution in [2.24, 2.45) is 5.92 Å². The molecule has 0 saturated carbocycles. The van der Waals surface area contributed by atoms with Crippen LogP contribution in [-0.4, -0.2) is 35.4 Å². The molecule has 0 spiro atoms. The van der Waals surface area contributed by atoms with Crippen molar-refractivity contribution in [2.45, 2.75) is 33.1 Å². The molecule has 0 radical (unpaired) electrons. The Hall–Kier alpha value is -3.15. The third-order valence-electron chi connectivity index (χ3n) is 6.82. The van der Waals surface area contributed by atoms with Crippen LogP contribution in [0.15, 0.2) is 66.7 Å². The van der Waals surface area contributed by atoms with E-state index in [0.717, 1.165) is 41.0 Å². The number of hydrogen-bond acceptors (Lipinski definition) is 5. The number of benzene rings is 3. The molecule has 0 bridgehead atoms. The fourth-order valence-electron chi connectivity index (χ4n) is 4.84. The van der Waals surface area contributed by atoms with Crippen molar-refractivity contribution in [2.75, 3.05) is 19.6 Å². The first-order valence-corrected chi connectivity index (χ1v) is 13.1. The summed E-state index contributed by atoms with van der Waals surface area (Å²) < 4.78 is 7.16. The number of carbonyl (C=O) groups is 1. The summed E-state index contributed by atoms with van der Waals surface area (Å²) in [4.78, 5) is 16.6. The zero-order chi connectivity index (χ0) is 24.4. The van der Waals surface area contributed by atoms with Gasteiger partial charge in [-0.3, -0.25) is 4.79 Å². The molecule has 2 heterocycles. The molecule has 180 valence electrons. The second kappa shape index (κ2) is 10.2. The van der Waals surface area contributed by atoms with Crippen LogP contribution < -0.4 is 4.74 Å². The van der Waals surface area contributed by atoms with Crippen molar-refractivity contribution in [3.8, 4) is 17.2 Å². The summed E-state index contributed by atoms with van der Waals surface area (Å²) >= 11 is 1.36. The van der Waals surface area contributed by atoms with Crippen molar-refractivity contribution < 1.29 is 14.6 Å². The zero-order valence-electron chi connectivity index (χ0n) is 20.3. The van der Waals surface area contributed by atoms with Gasteiger partial charge in [-0.05, 0) is 86.7 Å². The molecule has 1 saturated heterocycles. The van der Waals surface area contributed by atoms with Crippen LogP contribution in [-0.2, 0) is 6.42 Å². The zero-order valence-corrected chi connectivity index (χ0v) is 21.1. The topological polar surface area (TPSA) is 49.8 Å². The standard InChI is InChI=1S/C30H31NO3S/c1-20-15-17-31(19-20)16-5-7-22-9-12-24(13-10-22)34-29-26-14-11-23(32)18-27(26)35-30(29)28(33)25-8-4-3-6-21(25)2/h3-4,6,8-14,18,20,32H,5,7,15-17,19H2,1-2H3/t20-/m0/s1. The average Bonchev–Trinajstić information content (AvgIpc) is 3.43. The minimum absolute atomic E-state index is 0.0633. The Labute approximate surface area is 210 Å². The molecule has 1 aliphatic heterocycles. The van der Waals surface area contributed by atoms with Crippen molar-refractivity contribution >= 4 is 27.2 Å². The summed E-state index contributed by atoms with van der Waals surface area (Å²) in [5, 5.41) is 10.8. The summed E-state index contributed by atoms with van der Waals surface area (Å²) in [7, 11) is 0. The molecule has 4 aromatic rings. The molecule has 0 aliphatic carbocycles. The number of phenolic OH excluding ortho intramolecular Hbond substituents is 1. The summed E-state index contributed by atoms with van der Waals surface area (Å²) in [5.74, 6) is 2.19. The van der Waals surface area contributed by atoms with Gasteiger partial charge in [0.1, 0.15) is 16.4 Å². The number of ether oxygens (including phenoxy) is 1. The number of ketones is 1. The highest BCUT2D eigenvalue weighted by Gasteiger charge is 2.23. The SMILES string of the molecule is Cc1ccccc1C(=O)c1sc2cc(O)ccc2c1Oc1ccc(CCCN2CC[C@H](C)C2)cc1. The minimum atomic E-state index is -0.0633. The van der Waals surface area contributed by atoms with E-state index in [-0.39, 0.29) is 11.5 Å². The maximum atomic E-state index is 13.5. The smallest absolute Gasteiger partial charge is 0.207 e. The van der Waals surface area contributed by atoms with Crippen LogP contribution in [0.2, 0.25) is 0 Å². The number of fused-ring (bicyclic) bond motifs is 1. The van der Waals surface area contributed by atoms with E-state index in [1.54, 1.807) is 12.1 Å². The van der Waals surface area contributed by atoms with Gasteiger partial charge in [-0.25, -0.2) is 0 Å². The highest BCUT2D eigenvalue weighted by Crippen LogP contribution is 2.43. The number of likely N-dealkylation sites (tertiary alicyclic amines) is 1. The first-order chi connectivity index (χ1) is 17.0. The summed E-state index contributed by atoms with van der Waals surface area (Å²) in [6, 6.07) is 20.9. The predicted octanol–water partition coefficient (Wildman–Crippen LogP) is 7.21.